The number of sulfone groups is 1. The molecule has 5 rings (SSSR count). The molecule has 0 fully saturated rings. The van der Waals surface area contributed by atoms with Crippen molar-refractivity contribution in [1.82, 2.24) is 5.16 Å². The summed E-state index contributed by atoms with van der Waals surface area (Å²) < 4.78 is 43.9. The van der Waals surface area contributed by atoms with Gasteiger partial charge in [0, 0.05) is 21.7 Å². The smallest absolute Gasteiger partial charge is 0.262 e. The van der Waals surface area contributed by atoms with E-state index < -0.39 is 27.6 Å². The number of rotatable bonds is 4. The van der Waals surface area contributed by atoms with Gasteiger partial charge in [-0.25, -0.2) is 8.42 Å². The molecule has 1 aromatic heterocycles. The third-order valence-electron chi connectivity index (χ3n) is 5.73. The van der Waals surface area contributed by atoms with Crippen LogP contribution in [0.5, 0.6) is 11.6 Å². The molecule has 1 N–H and O–H groups in total. The average Bonchev–Trinajstić information content (AvgIpc) is 3.18. The van der Waals surface area contributed by atoms with Crippen LogP contribution >= 0.6 is 23.2 Å². The normalized spacial score (nSPS) is 19.4. The third-order valence-corrected chi connectivity index (χ3v) is 7.99. The number of fused-ring (bicyclic) bond motifs is 2. The van der Waals surface area contributed by atoms with E-state index in [0.717, 1.165) is 0 Å². The summed E-state index contributed by atoms with van der Waals surface area (Å²) in [5.41, 5.74) is -0.230. The molecular weight excluding hydrogens is 501 g/mol. The number of hydrogen-bond donors (Lipinski definition) is 1. The summed E-state index contributed by atoms with van der Waals surface area (Å²) in [6.45, 7) is 3.44. The van der Waals surface area contributed by atoms with Crippen LogP contribution in [-0.4, -0.2) is 30.4 Å². The van der Waals surface area contributed by atoms with E-state index in [1.54, 1.807) is 38.1 Å². The largest absolute Gasteiger partial charge is 0.485 e. The van der Waals surface area contributed by atoms with Crippen LogP contribution in [0.15, 0.2) is 75.0 Å². The molecule has 0 bridgehead atoms. The molecular formula is C24H19Cl2NO6S. The van der Waals surface area contributed by atoms with Crippen molar-refractivity contribution in [2.24, 2.45) is 0 Å². The number of aromatic nitrogens is 1. The summed E-state index contributed by atoms with van der Waals surface area (Å²) in [6, 6.07) is 15.3. The molecule has 1 aliphatic rings. The lowest BCUT2D eigenvalue weighted by atomic mass is 9.88. The molecule has 176 valence electrons. The van der Waals surface area contributed by atoms with Gasteiger partial charge in [0.1, 0.15) is 17.5 Å². The van der Waals surface area contributed by atoms with Gasteiger partial charge in [0.15, 0.2) is 11.7 Å². The second-order valence-corrected chi connectivity index (χ2v) is 11.3. The lowest BCUT2D eigenvalue weighted by molar-refractivity contribution is -0.104. The Balaban J connectivity index is 1.60. The minimum atomic E-state index is -3.86. The molecule has 3 aromatic carbocycles. The SMILES string of the molecule is CC1(C)Oc2ccc(S(=O)(=O)c3ccc(Cl)cc3)cc2[C@@H](Oc2noc3cc(Cl)ccc23)[C@@H]1O. The minimum absolute atomic E-state index is 0.0227. The zero-order chi connectivity index (χ0) is 24.3. The van der Waals surface area contributed by atoms with Crippen molar-refractivity contribution in [3.8, 4) is 11.6 Å². The van der Waals surface area contributed by atoms with Crippen molar-refractivity contribution in [1.29, 1.82) is 0 Å². The van der Waals surface area contributed by atoms with Crippen molar-refractivity contribution < 1.29 is 27.5 Å². The van der Waals surface area contributed by atoms with Crippen molar-refractivity contribution in [2.45, 2.75) is 41.4 Å². The van der Waals surface area contributed by atoms with Crippen LogP contribution in [-0.2, 0) is 9.84 Å². The van der Waals surface area contributed by atoms with Crippen LogP contribution in [0.2, 0.25) is 10.0 Å². The molecule has 2 heterocycles. The van der Waals surface area contributed by atoms with Gasteiger partial charge in [-0.15, -0.1) is 0 Å². The number of hydrogen-bond acceptors (Lipinski definition) is 7. The van der Waals surface area contributed by atoms with Gasteiger partial charge in [0.05, 0.1) is 15.2 Å². The zero-order valence-corrected chi connectivity index (χ0v) is 20.4. The molecule has 7 nitrogen and oxygen atoms in total. The van der Waals surface area contributed by atoms with Gasteiger partial charge >= 0.3 is 0 Å². The van der Waals surface area contributed by atoms with Crippen LogP contribution in [0.3, 0.4) is 0 Å². The van der Waals surface area contributed by atoms with Crippen LogP contribution in [0.4, 0.5) is 0 Å². The van der Waals surface area contributed by atoms with Crippen LogP contribution in [0.25, 0.3) is 11.0 Å². The number of aliphatic hydroxyl groups excluding tert-OH is 1. The highest BCUT2D eigenvalue weighted by molar-refractivity contribution is 7.91. The molecule has 0 spiro atoms. The van der Waals surface area contributed by atoms with E-state index in [1.807, 2.05) is 0 Å². The maximum atomic E-state index is 13.2. The summed E-state index contributed by atoms with van der Waals surface area (Å²) >= 11 is 11.9. The van der Waals surface area contributed by atoms with Gasteiger partial charge in [-0.1, -0.05) is 23.2 Å². The van der Waals surface area contributed by atoms with Gasteiger partial charge in [-0.3, -0.25) is 0 Å². The number of aliphatic hydroxyl groups is 1. The molecule has 4 aromatic rings. The van der Waals surface area contributed by atoms with Crippen molar-refractivity contribution in [2.75, 3.05) is 0 Å². The molecule has 2 atom stereocenters. The molecule has 0 unspecified atom stereocenters. The summed E-state index contributed by atoms with van der Waals surface area (Å²) in [7, 11) is -3.86. The first-order valence-electron chi connectivity index (χ1n) is 10.3. The van der Waals surface area contributed by atoms with Gasteiger partial charge in [-0.05, 0) is 73.6 Å². The Kier molecular flexibility index (Phi) is 5.52. The molecule has 0 saturated carbocycles. The molecule has 0 radical (unpaired) electrons. The van der Waals surface area contributed by atoms with Crippen LogP contribution < -0.4 is 9.47 Å². The quantitative estimate of drug-likeness (QED) is 0.373. The van der Waals surface area contributed by atoms with E-state index in [-0.39, 0.29) is 15.7 Å². The molecule has 0 amide bonds. The second kappa shape index (κ2) is 8.16. The average molecular weight is 520 g/mol. The highest BCUT2D eigenvalue weighted by atomic mass is 35.5. The summed E-state index contributed by atoms with van der Waals surface area (Å²) in [4.78, 5) is 0.112. The van der Waals surface area contributed by atoms with E-state index in [1.165, 1.54) is 36.4 Å². The van der Waals surface area contributed by atoms with Gasteiger partial charge < -0.3 is 19.1 Å². The lowest BCUT2D eigenvalue weighted by Crippen LogP contribution is -2.50. The maximum absolute atomic E-state index is 13.2. The standard InChI is InChI=1S/C24H19Cl2NO6S/c1-24(2)22(28)21(31-23-17-9-5-14(26)11-20(17)33-27-23)18-12-16(8-10-19(18)32-24)34(29,30)15-6-3-13(25)4-7-15/h3-12,21-22,28H,1-2H3/t21-,22+/m1/s1. The van der Waals surface area contributed by atoms with Crippen molar-refractivity contribution >= 4 is 44.0 Å². The Morgan fingerprint density at radius 3 is 2.38 bits per heavy atom. The Labute approximate surface area is 205 Å². The number of nitrogens with zero attached hydrogens (tertiary/aromatic N) is 1. The monoisotopic (exact) mass is 519 g/mol. The van der Waals surface area contributed by atoms with Crippen LogP contribution in [0, 0.1) is 0 Å². The first-order valence-corrected chi connectivity index (χ1v) is 12.5. The van der Waals surface area contributed by atoms with E-state index in [0.29, 0.717) is 32.3 Å². The predicted molar refractivity (Wildman–Crippen MR) is 126 cm³/mol. The predicted octanol–water partition coefficient (Wildman–Crippen LogP) is 5.62. The topological polar surface area (TPSA) is 98.9 Å². The van der Waals surface area contributed by atoms with E-state index in [4.69, 9.17) is 37.2 Å². The van der Waals surface area contributed by atoms with Crippen molar-refractivity contribution in [3.05, 3.63) is 76.3 Å². The minimum Gasteiger partial charge on any atom is -0.485 e. The van der Waals surface area contributed by atoms with Gasteiger partial charge in [0.25, 0.3) is 5.88 Å². The summed E-state index contributed by atoms with van der Waals surface area (Å²) in [5, 5.41) is 16.5. The fourth-order valence-corrected chi connectivity index (χ4v) is 5.44. The van der Waals surface area contributed by atoms with E-state index >= 15 is 0 Å². The molecule has 1 aliphatic heterocycles. The molecule has 0 saturated heterocycles. The number of benzene rings is 3. The van der Waals surface area contributed by atoms with Crippen LogP contribution in [0.1, 0.15) is 25.5 Å². The van der Waals surface area contributed by atoms with E-state index in [9.17, 15) is 13.5 Å². The molecule has 10 heteroatoms. The third kappa shape index (κ3) is 3.90. The van der Waals surface area contributed by atoms with Gasteiger partial charge in [0.2, 0.25) is 9.84 Å². The highest BCUT2D eigenvalue weighted by Crippen LogP contribution is 2.44. The number of halogens is 2. The maximum Gasteiger partial charge on any atom is 0.262 e. The highest BCUT2D eigenvalue weighted by Gasteiger charge is 2.45. The number of ether oxygens (including phenoxy) is 2. The summed E-state index contributed by atoms with van der Waals surface area (Å²) in [5.74, 6) is 0.538. The Bertz CT molecular complexity index is 1500. The zero-order valence-electron chi connectivity index (χ0n) is 18.0. The Morgan fingerprint density at radius 1 is 0.971 bits per heavy atom. The fourth-order valence-electron chi connectivity index (χ4n) is 3.86. The lowest BCUT2D eigenvalue weighted by Gasteiger charge is -2.41. The molecule has 0 aliphatic carbocycles. The van der Waals surface area contributed by atoms with E-state index in [2.05, 4.69) is 5.16 Å². The summed E-state index contributed by atoms with van der Waals surface area (Å²) in [6.07, 6.45) is -2.13. The fraction of sp³-hybridized carbons (Fsp3) is 0.208. The first kappa shape index (κ1) is 23.0. The Morgan fingerprint density at radius 2 is 1.65 bits per heavy atom. The second-order valence-electron chi connectivity index (χ2n) is 8.47. The first-order chi connectivity index (χ1) is 16.1. The Hall–Kier alpha value is -2.78. The molecule has 34 heavy (non-hydrogen) atoms. The van der Waals surface area contributed by atoms with Gasteiger partial charge in [-0.2, -0.15) is 0 Å². The van der Waals surface area contributed by atoms with Crippen molar-refractivity contribution in [3.63, 3.8) is 0 Å².